The fraction of sp³-hybridized carbons (Fsp3) is 0.478. The van der Waals surface area contributed by atoms with Crippen molar-refractivity contribution < 1.29 is 83.8 Å². The Morgan fingerprint density at radius 2 is 1.01 bits per heavy atom. The summed E-state index contributed by atoms with van der Waals surface area (Å²) in [4.78, 5) is 50.0. The number of imidazole rings is 2. The van der Waals surface area contributed by atoms with Gasteiger partial charge in [-0.3, -0.25) is 36.3 Å². The minimum atomic E-state index is -4.00. The molecule has 34 heteroatoms. The average molecular weight is 1410 g/mol. The van der Waals surface area contributed by atoms with Crippen LogP contribution in [-0.2, 0) is 64.7 Å². The summed E-state index contributed by atoms with van der Waals surface area (Å²) in [6.45, 7) is 7.35. The van der Waals surface area contributed by atoms with Crippen molar-refractivity contribution in [2.45, 2.75) is 101 Å². The predicted molar refractivity (Wildman–Crippen MR) is 289 cm³/mol. The van der Waals surface area contributed by atoms with Crippen LogP contribution in [0.25, 0.3) is 22.3 Å². The lowest BCUT2D eigenvalue weighted by Gasteiger charge is -2.30. The molecule has 0 bridgehead atoms. The lowest BCUT2D eigenvalue weighted by atomic mass is 9.96. The topological polar surface area (TPSA) is 337 Å². The van der Waals surface area contributed by atoms with E-state index >= 15 is 0 Å². The third-order valence-electron chi connectivity index (χ3n) is 13.4. The second kappa shape index (κ2) is 22.5. The van der Waals surface area contributed by atoms with Gasteiger partial charge in [-0.2, -0.15) is 19.9 Å². The largest absolute Gasteiger partial charge is 0.509 e. The fourth-order valence-electron chi connectivity index (χ4n) is 10.0. The molecule has 0 spiro atoms. The molecule has 4 aromatic heterocycles. The number of halogens is 4. The van der Waals surface area contributed by atoms with E-state index in [1.165, 1.54) is 12.7 Å². The van der Waals surface area contributed by atoms with Gasteiger partial charge in [-0.1, -0.05) is 63.7 Å². The van der Waals surface area contributed by atoms with Crippen LogP contribution in [0.1, 0.15) is 76.3 Å². The number of rotatable bonds is 14. The lowest BCUT2D eigenvalue weighted by molar-refractivity contribution is -0.0927. The zero-order valence-corrected chi connectivity index (χ0v) is 50.5. The van der Waals surface area contributed by atoms with Crippen LogP contribution in [0.15, 0.2) is 66.9 Å². The smallest absolute Gasteiger partial charge is 0.476 e. The SMILES string of the molecule is CCOc1nc(N)nc2c1ncn2[C@@H]1O[C@H](CO[P@@]2(=O)OCC[C@@H](c3cc(Br)cc(Br)c3)O2)[C@H]2OC(=O)O[C@]21C.CCOc1nc(N)nc2c1ncn2[C@@H]1O[C@H](CO[P@]2(=O)OCC[C@H](c3cc(Br)cc(Br)c3)O2)[C@H]2OC(=O)O[C@]21C. The molecule has 10 heterocycles. The average Bonchev–Trinajstić information content (AvgIpc) is 4.43. The van der Waals surface area contributed by atoms with Gasteiger partial charge in [-0.05, 0) is 75.2 Å². The number of nitrogens with zero attached hydrogens (tertiary/aromatic N) is 8. The summed E-state index contributed by atoms with van der Waals surface area (Å²) in [7, 11) is -7.99. The third-order valence-corrected chi connectivity index (χ3v) is 18.2. The van der Waals surface area contributed by atoms with E-state index in [4.69, 9.17) is 76.5 Å². The highest BCUT2D eigenvalue weighted by Gasteiger charge is 2.66. The van der Waals surface area contributed by atoms with Crippen LogP contribution >= 0.6 is 79.4 Å². The number of phosphoric acid groups is 2. The standard InChI is InChI=1S/2C23H24Br2N5O9P/c2*1-3-33-19-16-18(28-21(26)29-19)30(10-27-16)20-23(2)17(37-22(31)38-23)15(36-20)9-35-40(32)34-5-4-14(39-40)11-6-12(24)8-13(25)7-11/h2*6-8,10,14-15,17,20H,3-5,9H2,1-2H3,(H2,26,28,29)/t14-,15+,17+,20+,23+,40+;14-,15-,17-,20-,23-,40+/m01/s1. The van der Waals surface area contributed by atoms with Crippen molar-refractivity contribution in [3.63, 3.8) is 0 Å². The van der Waals surface area contributed by atoms with Crippen LogP contribution in [0.5, 0.6) is 11.8 Å². The molecule has 12 atom stereocenters. The van der Waals surface area contributed by atoms with E-state index in [0.29, 0.717) is 48.4 Å². The maximum absolute atomic E-state index is 13.5. The van der Waals surface area contributed by atoms with E-state index in [1.807, 2.05) is 36.4 Å². The summed E-state index contributed by atoms with van der Waals surface area (Å²) in [5, 5.41) is 0. The normalized spacial score (nSPS) is 31.6. The molecule has 80 heavy (non-hydrogen) atoms. The van der Waals surface area contributed by atoms with Crippen molar-refractivity contribution in [1.82, 2.24) is 39.0 Å². The number of fused-ring (bicyclic) bond motifs is 4. The van der Waals surface area contributed by atoms with Crippen LogP contribution in [0, 0.1) is 0 Å². The number of phosphoric ester groups is 2. The summed E-state index contributed by atoms with van der Waals surface area (Å²) in [5.74, 6) is 0.349. The van der Waals surface area contributed by atoms with Gasteiger partial charge in [-0.25, -0.2) is 28.7 Å². The Kier molecular flexibility index (Phi) is 16.1. The predicted octanol–water partition coefficient (Wildman–Crippen LogP) is 9.65. The molecule has 0 radical (unpaired) electrons. The Labute approximate surface area is 487 Å². The zero-order valence-electron chi connectivity index (χ0n) is 42.4. The molecule has 6 aliphatic rings. The van der Waals surface area contributed by atoms with Gasteiger partial charge in [0, 0.05) is 30.7 Å². The highest BCUT2D eigenvalue weighted by Crippen LogP contribution is 2.60. The van der Waals surface area contributed by atoms with Gasteiger partial charge in [-0.15, -0.1) is 0 Å². The molecule has 4 N–H and O–H groups in total. The van der Waals surface area contributed by atoms with Crippen molar-refractivity contribution in [1.29, 1.82) is 0 Å². The Morgan fingerprint density at radius 3 is 1.39 bits per heavy atom. The third kappa shape index (κ3) is 11.2. The molecule has 6 aliphatic heterocycles. The van der Waals surface area contributed by atoms with Gasteiger partial charge in [0.15, 0.2) is 58.2 Å². The van der Waals surface area contributed by atoms with E-state index in [9.17, 15) is 18.7 Å². The molecule has 6 fully saturated rings. The molecule has 2 aromatic carbocycles. The molecular formula is C46H48Br4N10O18P2. The summed E-state index contributed by atoms with van der Waals surface area (Å²) in [5.41, 5.74) is 12.1. The number of anilines is 2. The first-order valence-electron chi connectivity index (χ1n) is 24.6. The number of benzene rings is 2. The van der Waals surface area contributed by atoms with Gasteiger partial charge in [0.25, 0.3) is 0 Å². The molecular weight excluding hydrogens is 1360 g/mol. The highest BCUT2D eigenvalue weighted by molar-refractivity contribution is 9.11. The summed E-state index contributed by atoms with van der Waals surface area (Å²) in [6.07, 6.45) is -4.46. The Bertz CT molecular complexity index is 3230. The molecule has 6 aromatic rings. The quantitative estimate of drug-likeness (QED) is 0.0756. The molecule has 12 rings (SSSR count). The maximum Gasteiger partial charge on any atom is 0.509 e. The van der Waals surface area contributed by atoms with E-state index in [1.54, 1.807) is 36.8 Å². The van der Waals surface area contributed by atoms with Crippen LogP contribution in [0.3, 0.4) is 0 Å². The van der Waals surface area contributed by atoms with Crippen molar-refractivity contribution in [3.8, 4) is 11.8 Å². The van der Waals surface area contributed by atoms with Crippen molar-refractivity contribution in [2.24, 2.45) is 0 Å². The Morgan fingerprint density at radius 1 is 0.625 bits per heavy atom. The van der Waals surface area contributed by atoms with Crippen molar-refractivity contribution >= 4 is 126 Å². The number of hydrogen-bond donors (Lipinski definition) is 2. The first-order valence-corrected chi connectivity index (χ1v) is 30.7. The van der Waals surface area contributed by atoms with Gasteiger partial charge in [0.1, 0.15) is 12.2 Å². The first-order chi connectivity index (χ1) is 38.2. The zero-order chi connectivity index (χ0) is 56.5. The van der Waals surface area contributed by atoms with Crippen LogP contribution in [0.4, 0.5) is 21.5 Å². The fourth-order valence-corrected chi connectivity index (χ4v) is 15.5. The summed E-state index contributed by atoms with van der Waals surface area (Å²) in [6, 6.07) is 11.3. The monoisotopic (exact) mass is 1410 g/mol. The number of ether oxygens (including phenoxy) is 8. The second-order valence-electron chi connectivity index (χ2n) is 18.8. The molecule has 0 amide bonds. The van der Waals surface area contributed by atoms with E-state index < -0.39 is 88.2 Å². The molecule has 28 nitrogen and oxygen atoms in total. The molecule has 428 valence electrons. The van der Waals surface area contributed by atoms with Gasteiger partial charge in [0.2, 0.25) is 23.7 Å². The Balaban J connectivity index is 0.000000169. The van der Waals surface area contributed by atoms with Crippen LogP contribution in [-0.4, -0.2) is 127 Å². The lowest BCUT2D eigenvalue weighted by Crippen LogP contribution is -2.42. The van der Waals surface area contributed by atoms with Crippen molar-refractivity contribution in [2.75, 3.05) is 51.1 Å². The van der Waals surface area contributed by atoms with Gasteiger partial charge >= 0.3 is 28.0 Å². The second-order valence-corrected chi connectivity index (χ2v) is 25.7. The summed E-state index contributed by atoms with van der Waals surface area (Å²) >= 11 is 13.8. The first kappa shape index (κ1) is 57.2. The number of carbonyl (C=O) groups is 2. The molecule has 0 aliphatic carbocycles. The maximum atomic E-state index is 13.5. The number of hydrogen-bond acceptors (Lipinski definition) is 26. The minimum absolute atomic E-state index is 0.0336. The molecule has 0 saturated carbocycles. The summed E-state index contributed by atoms with van der Waals surface area (Å²) < 4.78 is 113. The van der Waals surface area contributed by atoms with Gasteiger partial charge < -0.3 is 49.4 Å². The number of nitrogens with two attached hydrogens (primary N) is 2. The number of nitrogen functional groups attached to an aromatic ring is 2. The Hall–Kier alpha value is -4.66. The van der Waals surface area contributed by atoms with Gasteiger partial charge in [0.05, 0.1) is 64.5 Å². The highest BCUT2D eigenvalue weighted by atomic mass is 79.9. The number of aromatic nitrogens is 8. The van der Waals surface area contributed by atoms with E-state index in [2.05, 4.69) is 93.6 Å². The van der Waals surface area contributed by atoms with Crippen LogP contribution in [0.2, 0.25) is 0 Å². The van der Waals surface area contributed by atoms with E-state index in [0.717, 1.165) is 29.0 Å². The molecule has 6 saturated heterocycles. The minimum Gasteiger partial charge on any atom is -0.476 e. The van der Waals surface area contributed by atoms with E-state index in [-0.39, 0.29) is 50.1 Å². The number of carbonyl (C=O) groups excluding carboxylic acids is 2. The molecule has 0 unspecified atom stereocenters. The van der Waals surface area contributed by atoms with Crippen LogP contribution < -0.4 is 20.9 Å². The van der Waals surface area contributed by atoms with Crippen molar-refractivity contribution in [3.05, 3.63) is 78.1 Å².